The predicted octanol–water partition coefficient (Wildman–Crippen LogP) is 4.01. The first-order chi connectivity index (χ1) is 17.7. The standard InChI is InChI=1S/C26H30Br2ClN5O3/c27-18-14-17-1-2-19-20(3-4-21(29)23(19)28)25(24(17)34(37)15-18)32-11-9-31(10-12-32)22(35)13-16-5-7-33(8-6-16)26(30)36/h3-4,14-16,25H,1-2,5-13H2,(H2,30,36). The molecule has 2 aromatic rings. The van der Waals surface area contributed by atoms with Gasteiger partial charge in [-0.15, -0.1) is 0 Å². The minimum atomic E-state index is -0.386. The van der Waals surface area contributed by atoms with Crippen molar-refractivity contribution in [2.24, 2.45) is 11.7 Å². The molecule has 2 aliphatic heterocycles. The van der Waals surface area contributed by atoms with Crippen molar-refractivity contribution in [3.63, 3.8) is 0 Å². The Morgan fingerprint density at radius 3 is 2.43 bits per heavy atom. The highest BCUT2D eigenvalue weighted by molar-refractivity contribution is 9.10. The van der Waals surface area contributed by atoms with Crippen LogP contribution in [0.2, 0.25) is 5.02 Å². The number of piperazine rings is 1. The molecule has 5 rings (SSSR count). The molecule has 2 N–H and O–H groups in total. The van der Waals surface area contributed by atoms with Crippen molar-refractivity contribution >= 4 is 55.4 Å². The van der Waals surface area contributed by atoms with Gasteiger partial charge in [0.25, 0.3) is 0 Å². The number of aryl methyl sites for hydroxylation is 1. The summed E-state index contributed by atoms with van der Waals surface area (Å²) in [6.07, 6.45) is 5.21. The first kappa shape index (κ1) is 26.7. The minimum Gasteiger partial charge on any atom is -0.618 e. The fraction of sp³-hybridized carbons (Fsp3) is 0.500. The van der Waals surface area contributed by atoms with E-state index in [0.29, 0.717) is 50.7 Å². The van der Waals surface area contributed by atoms with Gasteiger partial charge in [0.05, 0.1) is 9.50 Å². The Morgan fingerprint density at radius 1 is 1.05 bits per heavy atom. The quantitative estimate of drug-likeness (QED) is 0.400. The number of halogens is 3. The van der Waals surface area contributed by atoms with Crippen LogP contribution in [0.1, 0.15) is 47.7 Å². The summed E-state index contributed by atoms with van der Waals surface area (Å²) in [7, 11) is 0. The van der Waals surface area contributed by atoms with Gasteiger partial charge < -0.3 is 20.7 Å². The summed E-state index contributed by atoms with van der Waals surface area (Å²) in [4.78, 5) is 30.4. The van der Waals surface area contributed by atoms with E-state index >= 15 is 0 Å². The van der Waals surface area contributed by atoms with Crippen LogP contribution in [0.4, 0.5) is 4.79 Å². The fourth-order valence-electron chi connectivity index (χ4n) is 5.95. The lowest BCUT2D eigenvalue weighted by molar-refractivity contribution is -0.617. The molecule has 1 atom stereocenters. The highest BCUT2D eigenvalue weighted by atomic mass is 79.9. The number of aromatic nitrogens is 1. The highest BCUT2D eigenvalue weighted by Crippen LogP contribution is 2.41. The van der Waals surface area contributed by atoms with Crippen LogP contribution in [0.15, 0.2) is 33.3 Å². The van der Waals surface area contributed by atoms with Crippen LogP contribution >= 0.6 is 43.5 Å². The van der Waals surface area contributed by atoms with Crippen molar-refractivity contribution in [2.75, 3.05) is 39.3 Å². The molecule has 198 valence electrons. The number of benzene rings is 1. The number of likely N-dealkylation sites (tertiary alicyclic amines) is 1. The van der Waals surface area contributed by atoms with Crippen LogP contribution in [-0.4, -0.2) is 65.9 Å². The van der Waals surface area contributed by atoms with E-state index in [1.54, 1.807) is 11.1 Å². The number of rotatable bonds is 3. The molecular formula is C26H30Br2ClN5O3. The van der Waals surface area contributed by atoms with Crippen LogP contribution in [-0.2, 0) is 17.6 Å². The lowest BCUT2D eigenvalue weighted by Crippen LogP contribution is -2.52. The highest BCUT2D eigenvalue weighted by Gasteiger charge is 2.38. The number of nitrogens with zero attached hydrogens (tertiary/aromatic N) is 4. The second-order valence-corrected chi connectivity index (χ2v) is 12.2. The largest absolute Gasteiger partial charge is 0.618 e. The van der Waals surface area contributed by atoms with Crippen LogP contribution in [0.5, 0.6) is 0 Å². The number of fused-ring (bicyclic) bond motifs is 2. The number of amides is 3. The molecule has 2 saturated heterocycles. The van der Waals surface area contributed by atoms with Crippen molar-refractivity contribution < 1.29 is 14.3 Å². The van der Waals surface area contributed by atoms with Gasteiger partial charge in [-0.3, -0.25) is 9.69 Å². The summed E-state index contributed by atoms with van der Waals surface area (Å²) < 4.78 is 2.65. The summed E-state index contributed by atoms with van der Waals surface area (Å²) in [6.45, 7) is 3.81. The zero-order chi connectivity index (χ0) is 26.3. The number of primary amides is 1. The van der Waals surface area contributed by atoms with Crippen LogP contribution < -0.4 is 10.5 Å². The van der Waals surface area contributed by atoms with Crippen LogP contribution in [0.3, 0.4) is 0 Å². The van der Waals surface area contributed by atoms with Crippen LogP contribution in [0.25, 0.3) is 0 Å². The van der Waals surface area contributed by atoms with E-state index in [4.69, 9.17) is 17.3 Å². The Balaban J connectivity index is 1.33. The molecule has 1 aromatic heterocycles. The molecule has 11 heteroatoms. The molecule has 2 fully saturated rings. The number of carbonyl (C=O) groups is 2. The molecule has 37 heavy (non-hydrogen) atoms. The topological polar surface area (TPSA) is 96.8 Å². The zero-order valence-corrected chi connectivity index (χ0v) is 24.4. The van der Waals surface area contributed by atoms with Crippen molar-refractivity contribution in [3.05, 3.63) is 66.0 Å². The monoisotopic (exact) mass is 653 g/mol. The Hall–Kier alpha value is -1.88. The average Bonchev–Trinajstić information content (AvgIpc) is 3.04. The van der Waals surface area contributed by atoms with E-state index in [2.05, 4.69) is 36.8 Å². The third-order valence-corrected chi connectivity index (χ3v) is 9.85. The molecule has 1 aromatic carbocycles. The number of hydrogen-bond donors (Lipinski definition) is 1. The normalized spacial score (nSPS) is 20.8. The van der Waals surface area contributed by atoms with Gasteiger partial charge in [-0.05, 0) is 86.7 Å². The van der Waals surface area contributed by atoms with Crippen molar-refractivity contribution in [3.8, 4) is 0 Å². The van der Waals surface area contributed by atoms with Gasteiger partial charge in [0.15, 0.2) is 6.20 Å². The molecule has 0 spiro atoms. The average molecular weight is 656 g/mol. The van der Waals surface area contributed by atoms with E-state index < -0.39 is 0 Å². The number of urea groups is 1. The van der Waals surface area contributed by atoms with Gasteiger partial charge in [0.1, 0.15) is 6.04 Å². The summed E-state index contributed by atoms with van der Waals surface area (Å²) in [5.41, 5.74) is 9.37. The molecular weight excluding hydrogens is 626 g/mol. The van der Waals surface area contributed by atoms with Crippen molar-refractivity contribution in [2.45, 2.75) is 38.1 Å². The summed E-state index contributed by atoms with van der Waals surface area (Å²) in [5, 5.41) is 13.9. The molecule has 0 bridgehead atoms. The number of nitrogens with two attached hydrogens (primary N) is 1. The van der Waals surface area contributed by atoms with E-state index in [9.17, 15) is 14.8 Å². The molecule has 3 amide bonds. The van der Waals surface area contributed by atoms with Gasteiger partial charge in [-0.2, -0.15) is 4.73 Å². The number of carbonyl (C=O) groups excluding carboxylic acids is 2. The summed E-state index contributed by atoms with van der Waals surface area (Å²) in [6, 6.07) is 5.37. The second-order valence-electron chi connectivity index (χ2n) is 10.1. The van der Waals surface area contributed by atoms with Gasteiger partial charge >= 0.3 is 6.03 Å². The molecule has 0 saturated carbocycles. The fourth-order valence-corrected chi connectivity index (χ4v) is 7.15. The molecule has 1 aliphatic carbocycles. The zero-order valence-electron chi connectivity index (χ0n) is 20.5. The van der Waals surface area contributed by atoms with Crippen LogP contribution in [0, 0.1) is 11.1 Å². The van der Waals surface area contributed by atoms with E-state index in [1.807, 2.05) is 23.1 Å². The Bertz CT molecular complexity index is 1210. The third-order valence-electron chi connectivity index (χ3n) is 7.97. The molecule has 0 radical (unpaired) electrons. The number of pyridine rings is 1. The Morgan fingerprint density at radius 2 is 1.76 bits per heavy atom. The maximum absolute atomic E-state index is 13.2. The van der Waals surface area contributed by atoms with Gasteiger partial charge in [-0.1, -0.05) is 17.7 Å². The maximum Gasteiger partial charge on any atom is 0.314 e. The molecule has 8 nitrogen and oxygen atoms in total. The lowest BCUT2D eigenvalue weighted by Gasteiger charge is -2.40. The third kappa shape index (κ3) is 5.48. The van der Waals surface area contributed by atoms with Gasteiger partial charge in [0, 0.05) is 55.7 Å². The predicted molar refractivity (Wildman–Crippen MR) is 148 cm³/mol. The molecule has 1 unspecified atom stereocenters. The SMILES string of the molecule is NC(=O)N1CCC(CC(=O)N2CCN(C3c4ccc(Cl)c(Br)c4CCc4cc(Br)c[n+]([O-])c43)CC2)CC1. The maximum atomic E-state index is 13.2. The van der Waals surface area contributed by atoms with E-state index in [-0.39, 0.29) is 23.9 Å². The second kappa shape index (κ2) is 11.1. The molecule has 3 aliphatic rings. The smallest absolute Gasteiger partial charge is 0.314 e. The Kier molecular flexibility index (Phi) is 8.00. The molecule has 3 heterocycles. The lowest BCUT2D eigenvalue weighted by atomic mass is 9.93. The van der Waals surface area contributed by atoms with E-state index in [1.165, 1.54) is 0 Å². The Labute approximate surface area is 238 Å². The first-order valence-electron chi connectivity index (χ1n) is 12.7. The van der Waals surface area contributed by atoms with Crippen molar-refractivity contribution in [1.82, 2.24) is 14.7 Å². The van der Waals surface area contributed by atoms with Crippen molar-refractivity contribution in [1.29, 1.82) is 0 Å². The minimum absolute atomic E-state index is 0.163. The number of hydrogen-bond acceptors (Lipinski definition) is 4. The first-order valence-corrected chi connectivity index (χ1v) is 14.6. The summed E-state index contributed by atoms with van der Waals surface area (Å²) in [5.74, 6) is 0.442. The van der Waals surface area contributed by atoms with Gasteiger partial charge in [0.2, 0.25) is 11.6 Å². The summed E-state index contributed by atoms with van der Waals surface area (Å²) >= 11 is 13.6. The number of piperidine rings is 1. The van der Waals surface area contributed by atoms with Gasteiger partial charge in [-0.25, -0.2) is 4.79 Å². The van der Waals surface area contributed by atoms with E-state index in [0.717, 1.165) is 61.7 Å².